The number of nitrogens with one attached hydrogen (secondary N) is 1. The second-order valence-electron chi connectivity index (χ2n) is 7.87. The van der Waals surface area contributed by atoms with Crippen LogP contribution in [0.5, 0.6) is 0 Å². The zero-order chi connectivity index (χ0) is 18.4. The van der Waals surface area contributed by atoms with Gasteiger partial charge in [-0.05, 0) is 36.8 Å². The summed E-state index contributed by atoms with van der Waals surface area (Å²) < 4.78 is 2.27. The summed E-state index contributed by atoms with van der Waals surface area (Å²) in [6.07, 6.45) is 2.87. The van der Waals surface area contributed by atoms with Gasteiger partial charge >= 0.3 is 0 Å². The Kier molecular flexibility index (Phi) is 4.40. The smallest absolute Gasteiger partial charge is 0.226 e. The Morgan fingerprint density at radius 1 is 1.15 bits per heavy atom. The van der Waals surface area contributed by atoms with Crippen molar-refractivity contribution in [3.8, 4) is 0 Å². The van der Waals surface area contributed by atoms with E-state index in [2.05, 4.69) is 26.1 Å². The summed E-state index contributed by atoms with van der Waals surface area (Å²) in [5.41, 5.74) is 1.12. The first kappa shape index (κ1) is 17.2. The molecule has 1 aliphatic carbocycles. The maximum absolute atomic E-state index is 12.9. The van der Waals surface area contributed by atoms with E-state index in [0.717, 1.165) is 74.2 Å². The Bertz CT molecular complexity index is 858. The second kappa shape index (κ2) is 6.91. The minimum atomic E-state index is 0.105. The lowest BCUT2D eigenvalue weighted by atomic mass is 9.95. The van der Waals surface area contributed by atoms with Gasteiger partial charge in [0.05, 0.1) is 6.54 Å². The maximum Gasteiger partial charge on any atom is 0.226 e. The average Bonchev–Trinajstić information content (AvgIpc) is 3.38. The van der Waals surface area contributed by atoms with Crippen LogP contribution in [0.3, 0.4) is 0 Å². The van der Waals surface area contributed by atoms with Crippen LogP contribution < -0.4 is 5.32 Å². The van der Waals surface area contributed by atoms with Gasteiger partial charge < -0.3 is 14.8 Å². The highest BCUT2D eigenvalue weighted by Gasteiger charge is 2.47. The van der Waals surface area contributed by atoms with Crippen molar-refractivity contribution in [3.63, 3.8) is 0 Å². The van der Waals surface area contributed by atoms with Gasteiger partial charge in [0.25, 0.3) is 0 Å². The third-order valence-electron chi connectivity index (χ3n) is 6.24. The molecule has 3 aliphatic rings. The lowest BCUT2D eigenvalue weighted by Gasteiger charge is -2.32. The van der Waals surface area contributed by atoms with E-state index in [1.165, 1.54) is 0 Å². The highest BCUT2D eigenvalue weighted by molar-refractivity contribution is 6.31. The van der Waals surface area contributed by atoms with Crippen LogP contribution in [0.4, 0.5) is 0 Å². The largest absolute Gasteiger partial charge is 0.342 e. The van der Waals surface area contributed by atoms with Crippen molar-refractivity contribution in [1.29, 1.82) is 0 Å². The number of halogens is 1. The van der Waals surface area contributed by atoms with Crippen molar-refractivity contribution in [2.75, 3.05) is 19.6 Å². The predicted molar refractivity (Wildman–Crippen MR) is 103 cm³/mol. The molecule has 0 bridgehead atoms. The number of carbonyl (C=O) groups is 1. The summed E-state index contributed by atoms with van der Waals surface area (Å²) in [5, 5.41) is 12.9. The number of fused-ring (bicyclic) bond motifs is 1. The molecule has 1 amide bonds. The van der Waals surface area contributed by atoms with Crippen LogP contribution in [0.25, 0.3) is 0 Å². The van der Waals surface area contributed by atoms with Crippen molar-refractivity contribution in [2.45, 2.75) is 44.2 Å². The number of benzene rings is 1. The molecule has 1 N–H and O–H groups in total. The van der Waals surface area contributed by atoms with E-state index < -0.39 is 0 Å². The zero-order valence-corrected chi connectivity index (χ0v) is 16.0. The molecule has 142 valence electrons. The Labute approximate surface area is 163 Å². The molecule has 3 heterocycles. The summed E-state index contributed by atoms with van der Waals surface area (Å²) >= 11 is 6.30. The van der Waals surface area contributed by atoms with E-state index in [1.54, 1.807) is 0 Å². The summed E-state index contributed by atoms with van der Waals surface area (Å²) in [7, 11) is 0. The second-order valence-corrected chi connectivity index (χ2v) is 8.28. The monoisotopic (exact) mass is 385 g/mol. The maximum atomic E-state index is 12.9. The number of carbonyl (C=O) groups excluding carboxylic acids is 1. The molecule has 1 saturated heterocycles. The van der Waals surface area contributed by atoms with Gasteiger partial charge in [-0.15, -0.1) is 10.2 Å². The molecule has 2 atom stereocenters. The topological polar surface area (TPSA) is 63.1 Å². The molecule has 2 aliphatic heterocycles. The Hall–Kier alpha value is -1.92. The molecule has 1 saturated carbocycles. The third-order valence-corrected chi connectivity index (χ3v) is 6.58. The van der Waals surface area contributed by atoms with Gasteiger partial charge in [0.1, 0.15) is 11.6 Å². The Morgan fingerprint density at radius 2 is 1.96 bits per heavy atom. The highest BCUT2D eigenvalue weighted by Crippen LogP contribution is 2.50. The van der Waals surface area contributed by atoms with Crippen LogP contribution >= 0.6 is 11.6 Å². The first-order valence-corrected chi connectivity index (χ1v) is 10.3. The quantitative estimate of drug-likeness (QED) is 0.881. The van der Waals surface area contributed by atoms with Crippen LogP contribution in [-0.2, 0) is 17.9 Å². The van der Waals surface area contributed by atoms with Gasteiger partial charge in [-0.3, -0.25) is 4.79 Å². The van der Waals surface area contributed by atoms with Crippen molar-refractivity contribution < 1.29 is 4.79 Å². The lowest BCUT2D eigenvalue weighted by molar-refractivity contribution is -0.133. The number of rotatable bonds is 3. The van der Waals surface area contributed by atoms with Crippen LogP contribution in [0.15, 0.2) is 24.3 Å². The van der Waals surface area contributed by atoms with Gasteiger partial charge in [0.2, 0.25) is 5.91 Å². The minimum absolute atomic E-state index is 0.105. The lowest BCUT2D eigenvalue weighted by Crippen LogP contribution is -2.39. The van der Waals surface area contributed by atoms with Crippen LogP contribution in [0, 0.1) is 5.92 Å². The van der Waals surface area contributed by atoms with Crippen LogP contribution in [0.1, 0.15) is 48.3 Å². The molecule has 5 rings (SSSR count). The fourth-order valence-corrected chi connectivity index (χ4v) is 4.87. The number of likely N-dealkylation sites (tertiary alicyclic amines) is 1. The summed E-state index contributed by atoms with van der Waals surface area (Å²) in [6, 6.07) is 7.91. The summed E-state index contributed by atoms with van der Waals surface area (Å²) in [4.78, 5) is 15.0. The minimum Gasteiger partial charge on any atom is -0.342 e. The van der Waals surface area contributed by atoms with E-state index in [9.17, 15) is 4.79 Å². The van der Waals surface area contributed by atoms with Gasteiger partial charge in [0, 0.05) is 43.0 Å². The molecular weight excluding hydrogens is 362 g/mol. The van der Waals surface area contributed by atoms with E-state index >= 15 is 0 Å². The first-order valence-electron chi connectivity index (χ1n) is 9.88. The Balaban J connectivity index is 1.21. The fraction of sp³-hybridized carbons (Fsp3) is 0.550. The van der Waals surface area contributed by atoms with E-state index in [-0.39, 0.29) is 5.92 Å². The normalized spacial score (nSPS) is 25.3. The molecule has 2 unspecified atom stereocenters. The number of amides is 1. The van der Waals surface area contributed by atoms with Crippen molar-refractivity contribution in [2.24, 2.45) is 5.92 Å². The fourth-order valence-electron chi connectivity index (χ4n) is 4.60. The van der Waals surface area contributed by atoms with Gasteiger partial charge in [-0.2, -0.15) is 0 Å². The van der Waals surface area contributed by atoms with E-state index in [4.69, 9.17) is 11.6 Å². The van der Waals surface area contributed by atoms with Crippen molar-refractivity contribution >= 4 is 17.5 Å². The molecule has 7 heteroatoms. The summed E-state index contributed by atoms with van der Waals surface area (Å²) in [5.74, 6) is 3.25. The third kappa shape index (κ3) is 3.15. The molecule has 27 heavy (non-hydrogen) atoms. The van der Waals surface area contributed by atoms with E-state index in [1.807, 2.05) is 23.1 Å². The molecule has 0 spiro atoms. The number of hydrogen-bond donors (Lipinski definition) is 1. The van der Waals surface area contributed by atoms with Gasteiger partial charge in [0.15, 0.2) is 0 Å². The molecule has 1 aromatic carbocycles. The number of piperidine rings is 1. The van der Waals surface area contributed by atoms with Crippen molar-refractivity contribution in [1.82, 2.24) is 25.0 Å². The predicted octanol–water partition coefficient (Wildman–Crippen LogP) is 2.54. The molecule has 2 aromatic rings. The first-order chi connectivity index (χ1) is 13.2. The van der Waals surface area contributed by atoms with Crippen LogP contribution in [-0.4, -0.2) is 45.2 Å². The Morgan fingerprint density at radius 3 is 2.78 bits per heavy atom. The molecule has 6 nitrogen and oxygen atoms in total. The zero-order valence-electron chi connectivity index (χ0n) is 15.3. The van der Waals surface area contributed by atoms with Gasteiger partial charge in [-0.1, -0.05) is 29.8 Å². The standard InChI is InChI=1S/C20H24ClN5O/c21-17-4-2-1-3-14(17)15-11-16(15)20(27)25-8-5-13(6-9-25)19-24-23-18-12-22-7-10-26(18)19/h1-4,13,15-16,22H,5-12H2. The highest BCUT2D eigenvalue weighted by atomic mass is 35.5. The average molecular weight is 386 g/mol. The SMILES string of the molecule is O=C(C1CC1c1ccccc1Cl)N1CCC(c2nnc3n2CCNC3)CC1. The summed E-state index contributed by atoms with van der Waals surface area (Å²) in [6.45, 7) is 4.35. The molecule has 0 radical (unpaired) electrons. The van der Waals surface area contributed by atoms with Crippen molar-refractivity contribution in [3.05, 3.63) is 46.5 Å². The number of nitrogens with zero attached hydrogens (tertiary/aromatic N) is 4. The van der Waals surface area contributed by atoms with Crippen LogP contribution in [0.2, 0.25) is 5.02 Å². The van der Waals surface area contributed by atoms with E-state index in [0.29, 0.717) is 17.7 Å². The number of aromatic nitrogens is 3. The van der Waals surface area contributed by atoms with Gasteiger partial charge in [-0.25, -0.2) is 0 Å². The number of hydrogen-bond acceptors (Lipinski definition) is 4. The molecule has 1 aromatic heterocycles. The molecular formula is C20H24ClN5O. The molecule has 2 fully saturated rings.